The Morgan fingerprint density at radius 2 is 1.60 bits per heavy atom. The van der Waals surface area contributed by atoms with E-state index in [2.05, 4.69) is 44.6 Å². The molecule has 0 aromatic heterocycles. The van der Waals surface area contributed by atoms with Crippen molar-refractivity contribution in [1.82, 2.24) is 10.3 Å². The maximum Gasteiger partial charge on any atom is 0.271 e. The molecule has 3 N–H and O–H groups in total. The molecule has 3 aromatic carbocycles. The molecule has 0 radical (unpaired) electrons. The van der Waals surface area contributed by atoms with Crippen LogP contribution in [0.4, 0.5) is 5.69 Å². The van der Waals surface area contributed by atoms with E-state index in [9.17, 15) is 9.59 Å². The summed E-state index contributed by atoms with van der Waals surface area (Å²) in [6, 6.07) is 25.1. The average molecular weight is 472 g/mol. The van der Waals surface area contributed by atoms with Crippen LogP contribution in [0.15, 0.2) is 84.0 Å². The van der Waals surface area contributed by atoms with Gasteiger partial charge in [0.05, 0.1) is 6.21 Å². The number of rotatable bonds is 9. The second kappa shape index (κ2) is 11.8. The second-order valence-corrected chi connectivity index (χ2v) is 8.32. The summed E-state index contributed by atoms with van der Waals surface area (Å²) in [5, 5.41) is 4.02. The zero-order valence-corrected chi connectivity index (χ0v) is 19.5. The number of amides is 2. The van der Waals surface area contributed by atoms with Crippen molar-refractivity contribution in [3.8, 4) is 5.75 Å². The van der Waals surface area contributed by atoms with Gasteiger partial charge < -0.3 is 15.4 Å². The zero-order chi connectivity index (χ0) is 24.5. The van der Waals surface area contributed by atoms with Gasteiger partial charge in [0.15, 0.2) is 6.61 Å². The van der Waals surface area contributed by atoms with Gasteiger partial charge in [-0.2, -0.15) is 5.10 Å². The maximum absolute atomic E-state index is 12.4. The molecule has 1 aliphatic rings. The number of anilines is 1. The SMILES string of the molecule is NC(=O)COc1ccc(/C=N\NC(=O)c2ccc(CN3CCN(c4ccccc4)CC3)cc2)cc1. The van der Waals surface area contributed by atoms with Gasteiger partial charge in [-0.05, 0) is 59.7 Å². The molecular weight excluding hydrogens is 442 g/mol. The number of hydrogen-bond donors (Lipinski definition) is 2. The zero-order valence-electron chi connectivity index (χ0n) is 19.5. The molecule has 180 valence electrons. The number of hydrazone groups is 1. The highest BCUT2D eigenvalue weighted by atomic mass is 16.5. The summed E-state index contributed by atoms with van der Waals surface area (Å²) in [5.74, 6) is -0.276. The number of primary amides is 1. The van der Waals surface area contributed by atoms with Gasteiger partial charge in [0.25, 0.3) is 11.8 Å². The van der Waals surface area contributed by atoms with Gasteiger partial charge in [-0.15, -0.1) is 0 Å². The van der Waals surface area contributed by atoms with Crippen LogP contribution >= 0.6 is 0 Å². The lowest BCUT2D eigenvalue weighted by Gasteiger charge is -2.36. The summed E-state index contributed by atoms with van der Waals surface area (Å²) < 4.78 is 5.21. The van der Waals surface area contributed by atoms with Crippen molar-refractivity contribution < 1.29 is 14.3 Å². The number of benzene rings is 3. The molecule has 0 saturated carbocycles. The Hall–Kier alpha value is -4.17. The molecule has 1 saturated heterocycles. The minimum atomic E-state index is -0.534. The van der Waals surface area contributed by atoms with Crippen molar-refractivity contribution in [2.75, 3.05) is 37.7 Å². The van der Waals surface area contributed by atoms with Crippen LogP contribution in [0.5, 0.6) is 5.75 Å². The van der Waals surface area contributed by atoms with E-state index in [4.69, 9.17) is 10.5 Å². The first-order chi connectivity index (χ1) is 17.1. The van der Waals surface area contributed by atoms with E-state index < -0.39 is 5.91 Å². The van der Waals surface area contributed by atoms with Crippen LogP contribution in [0.3, 0.4) is 0 Å². The highest BCUT2D eigenvalue weighted by Gasteiger charge is 2.17. The van der Waals surface area contributed by atoms with Crippen molar-refractivity contribution in [3.05, 3.63) is 95.6 Å². The van der Waals surface area contributed by atoms with Gasteiger partial charge in [-0.3, -0.25) is 14.5 Å². The monoisotopic (exact) mass is 471 g/mol. The minimum Gasteiger partial charge on any atom is -0.484 e. The molecule has 8 heteroatoms. The van der Waals surface area contributed by atoms with Crippen LogP contribution in [0.2, 0.25) is 0 Å². The van der Waals surface area contributed by atoms with Crippen LogP contribution in [0, 0.1) is 0 Å². The van der Waals surface area contributed by atoms with Crippen LogP contribution in [0.1, 0.15) is 21.5 Å². The fourth-order valence-electron chi connectivity index (χ4n) is 3.86. The van der Waals surface area contributed by atoms with Crippen LogP contribution < -0.4 is 20.8 Å². The van der Waals surface area contributed by atoms with E-state index in [0.29, 0.717) is 11.3 Å². The van der Waals surface area contributed by atoms with Gasteiger partial charge >= 0.3 is 0 Å². The molecule has 8 nitrogen and oxygen atoms in total. The van der Waals surface area contributed by atoms with Crippen molar-refractivity contribution in [1.29, 1.82) is 0 Å². The normalized spacial score (nSPS) is 14.1. The predicted octanol–water partition coefficient (Wildman–Crippen LogP) is 2.64. The van der Waals surface area contributed by atoms with E-state index in [1.54, 1.807) is 30.5 Å². The van der Waals surface area contributed by atoms with Crippen molar-refractivity contribution in [2.45, 2.75) is 6.54 Å². The van der Waals surface area contributed by atoms with Crippen molar-refractivity contribution in [2.24, 2.45) is 10.8 Å². The lowest BCUT2D eigenvalue weighted by Crippen LogP contribution is -2.45. The van der Waals surface area contributed by atoms with E-state index in [1.165, 1.54) is 11.3 Å². The number of piperazine rings is 1. The lowest BCUT2D eigenvalue weighted by molar-refractivity contribution is -0.119. The Kier molecular flexibility index (Phi) is 8.08. The average Bonchev–Trinajstić information content (AvgIpc) is 2.89. The Morgan fingerprint density at radius 3 is 2.26 bits per heavy atom. The highest BCUT2D eigenvalue weighted by Crippen LogP contribution is 2.17. The number of nitrogens with one attached hydrogen (secondary N) is 1. The van der Waals surface area contributed by atoms with Crippen LogP contribution in [-0.2, 0) is 11.3 Å². The highest BCUT2D eigenvalue weighted by molar-refractivity contribution is 5.94. The third kappa shape index (κ3) is 7.15. The summed E-state index contributed by atoms with van der Waals surface area (Å²) in [5.41, 5.74) is 11.4. The van der Waals surface area contributed by atoms with Crippen LogP contribution in [-0.4, -0.2) is 55.7 Å². The van der Waals surface area contributed by atoms with Gasteiger partial charge in [0.1, 0.15) is 5.75 Å². The van der Waals surface area contributed by atoms with Gasteiger partial charge in [0.2, 0.25) is 0 Å². The van der Waals surface area contributed by atoms with Gasteiger partial charge in [0, 0.05) is 44.0 Å². The quantitative estimate of drug-likeness (QED) is 0.369. The Balaban J connectivity index is 1.22. The number of ether oxygens (including phenoxy) is 1. The Morgan fingerprint density at radius 1 is 0.914 bits per heavy atom. The summed E-state index contributed by atoms with van der Waals surface area (Å²) in [7, 11) is 0. The third-order valence-corrected chi connectivity index (χ3v) is 5.76. The Bertz CT molecular complexity index is 1140. The number of carbonyl (C=O) groups is 2. The first-order valence-electron chi connectivity index (χ1n) is 11.5. The number of nitrogens with zero attached hydrogens (tertiary/aromatic N) is 3. The first-order valence-corrected chi connectivity index (χ1v) is 11.5. The molecule has 2 amide bonds. The molecule has 1 fully saturated rings. The molecule has 0 atom stereocenters. The van der Waals surface area contributed by atoms with E-state index in [1.807, 2.05) is 30.3 Å². The third-order valence-electron chi connectivity index (χ3n) is 5.76. The molecule has 1 aliphatic heterocycles. The molecule has 3 aromatic rings. The van der Waals surface area contributed by atoms with Crippen LogP contribution in [0.25, 0.3) is 0 Å². The second-order valence-electron chi connectivity index (χ2n) is 8.32. The standard InChI is InChI=1S/C27H29N5O3/c28-26(33)20-35-25-12-8-21(9-13-25)18-29-30-27(34)23-10-6-22(7-11-23)19-31-14-16-32(17-15-31)24-4-2-1-3-5-24/h1-13,18H,14-17,19-20H2,(H2,28,33)(H,30,34)/b29-18-. The largest absolute Gasteiger partial charge is 0.484 e. The fraction of sp³-hybridized carbons (Fsp3) is 0.222. The molecule has 1 heterocycles. The lowest BCUT2D eigenvalue weighted by atomic mass is 10.1. The molecule has 0 aliphatic carbocycles. The van der Waals surface area contributed by atoms with Gasteiger partial charge in [-0.1, -0.05) is 30.3 Å². The molecule has 4 rings (SSSR count). The first kappa shape index (κ1) is 24.0. The summed E-state index contributed by atoms with van der Waals surface area (Å²) in [4.78, 5) is 28.0. The topological polar surface area (TPSA) is 100 Å². The Labute approximate surface area is 205 Å². The molecule has 0 unspecified atom stereocenters. The summed E-state index contributed by atoms with van der Waals surface area (Å²) in [6.45, 7) is 4.71. The maximum atomic E-state index is 12.4. The predicted molar refractivity (Wildman–Crippen MR) is 137 cm³/mol. The number of nitrogens with two attached hydrogens (primary N) is 1. The number of hydrogen-bond acceptors (Lipinski definition) is 6. The van der Waals surface area contributed by atoms with Crippen molar-refractivity contribution >= 4 is 23.7 Å². The molecule has 35 heavy (non-hydrogen) atoms. The minimum absolute atomic E-state index is 0.173. The fourth-order valence-corrected chi connectivity index (χ4v) is 3.86. The van der Waals surface area contributed by atoms with E-state index in [0.717, 1.165) is 38.3 Å². The number of para-hydroxylation sites is 1. The smallest absolute Gasteiger partial charge is 0.271 e. The summed E-state index contributed by atoms with van der Waals surface area (Å²) in [6.07, 6.45) is 1.54. The van der Waals surface area contributed by atoms with E-state index in [-0.39, 0.29) is 12.5 Å². The molecular formula is C27H29N5O3. The number of carbonyl (C=O) groups excluding carboxylic acids is 2. The molecule has 0 spiro atoms. The molecule has 0 bridgehead atoms. The van der Waals surface area contributed by atoms with E-state index >= 15 is 0 Å². The van der Waals surface area contributed by atoms with Crippen molar-refractivity contribution in [3.63, 3.8) is 0 Å². The van der Waals surface area contributed by atoms with Gasteiger partial charge in [-0.25, -0.2) is 5.43 Å². The summed E-state index contributed by atoms with van der Waals surface area (Å²) >= 11 is 0.